The second-order valence-electron chi connectivity index (χ2n) is 6.16. The molecule has 0 spiro atoms. The summed E-state index contributed by atoms with van der Waals surface area (Å²) < 4.78 is 43.4. The van der Waals surface area contributed by atoms with E-state index >= 15 is 0 Å². The number of sulfone groups is 1. The van der Waals surface area contributed by atoms with Gasteiger partial charge < -0.3 is 10.1 Å². The molecule has 0 amide bonds. The van der Waals surface area contributed by atoms with Crippen LogP contribution < -0.4 is 5.32 Å². The quantitative estimate of drug-likeness (QED) is 0.857. The average molecular weight is 363 g/mol. The Labute approximate surface area is 147 Å². The highest BCUT2D eigenvalue weighted by atomic mass is 32.2. The molecule has 1 aliphatic rings. The first-order chi connectivity index (χ1) is 12.0. The maximum absolute atomic E-state index is 13.7. The molecule has 0 aromatic heterocycles. The van der Waals surface area contributed by atoms with Crippen LogP contribution in [0.3, 0.4) is 0 Å². The predicted octanol–water partition coefficient (Wildman–Crippen LogP) is 3.16. The second kappa shape index (κ2) is 7.64. The highest BCUT2D eigenvalue weighted by Crippen LogP contribution is 2.27. The molecule has 0 aliphatic carbocycles. The van der Waals surface area contributed by atoms with Crippen molar-refractivity contribution in [2.75, 3.05) is 18.8 Å². The molecule has 134 valence electrons. The molecule has 1 N–H and O–H groups in total. The Morgan fingerprint density at radius 1 is 1.20 bits per heavy atom. The van der Waals surface area contributed by atoms with Crippen molar-refractivity contribution in [1.29, 1.82) is 0 Å². The lowest BCUT2D eigenvalue weighted by atomic mass is 10.00. The van der Waals surface area contributed by atoms with E-state index in [0.717, 1.165) is 36.2 Å². The molecule has 0 bridgehead atoms. The fourth-order valence-electron chi connectivity index (χ4n) is 2.95. The summed E-state index contributed by atoms with van der Waals surface area (Å²) in [5.74, 6) is -0.241. The SMILES string of the molecule is CCS(=O)(=O)c1ccc(-c2ccc(F)cc2COC2CCNC2)cc1. The van der Waals surface area contributed by atoms with Crippen LogP contribution in [0.1, 0.15) is 18.9 Å². The molecule has 0 radical (unpaired) electrons. The number of hydrogen-bond acceptors (Lipinski definition) is 4. The van der Waals surface area contributed by atoms with Crippen molar-refractivity contribution in [1.82, 2.24) is 5.32 Å². The minimum absolute atomic E-state index is 0.0669. The normalized spacial score (nSPS) is 17.8. The Morgan fingerprint density at radius 2 is 1.96 bits per heavy atom. The first kappa shape index (κ1) is 18.0. The average Bonchev–Trinajstić information content (AvgIpc) is 3.14. The summed E-state index contributed by atoms with van der Waals surface area (Å²) in [6.45, 7) is 3.70. The molecule has 25 heavy (non-hydrogen) atoms. The monoisotopic (exact) mass is 363 g/mol. The van der Waals surface area contributed by atoms with Gasteiger partial charge in [-0.3, -0.25) is 0 Å². The van der Waals surface area contributed by atoms with E-state index in [9.17, 15) is 12.8 Å². The van der Waals surface area contributed by atoms with E-state index in [4.69, 9.17) is 4.74 Å². The summed E-state index contributed by atoms with van der Waals surface area (Å²) in [5, 5.41) is 3.24. The molecule has 1 saturated heterocycles. The number of hydrogen-bond donors (Lipinski definition) is 1. The van der Waals surface area contributed by atoms with Gasteiger partial charge >= 0.3 is 0 Å². The van der Waals surface area contributed by atoms with Gasteiger partial charge in [0.15, 0.2) is 9.84 Å². The highest BCUT2D eigenvalue weighted by Gasteiger charge is 2.17. The van der Waals surface area contributed by atoms with Crippen LogP contribution >= 0.6 is 0 Å². The van der Waals surface area contributed by atoms with Crippen molar-refractivity contribution < 1.29 is 17.5 Å². The Hall–Kier alpha value is -1.76. The van der Waals surface area contributed by atoms with E-state index in [2.05, 4.69) is 5.32 Å². The molecule has 2 aromatic rings. The molecular weight excluding hydrogens is 341 g/mol. The van der Waals surface area contributed by atoms with E-state index in [0.29, 0.717) is 11.5 Å². The fraction of sp³-hybridized carbons (Fsp3) is 0.368. The van der Waals surface area contributed by atoms with Gasteiger partial charge in [0.1, 0.15) is 5.82 Å². The van der Waals surface area contributed by atoms with Crippen molar-refractivity contribution in [3.63, 3.8) is 0 Å². The molecule has 2 aromatic carbocycles. The van der Waals surface area contributed by atoms with Gasteiger partial charge in [0.25, 0.3) is 0 Å². The second-order valence-corrected chi connectivity index (χ2v) is 8.43. The molecule has 4 nitrogen and oxygen atoms in total. The van der Waals surface area contributed by atoms with Crippen molar-refractivity contribution in [2.24, 2.45) is 0 Å². The zero-order chi connectivity index (χ0) is 17.9. The number of ether oxygens (including phenoxy) is 1. The lowest BCUT2D eigenvalue weighted by Crippen LogP contribution is -2.16. The van der Waals surface area contributed by atoms with Crippen LogP contribution in [0.2, 0.25) is 0 Å². The van der Waals surface area contributed by atoms with Crippen molar-refractivity contribution in [3.8, 4) is 11.1 Å². The maximum Gasteiger partial charge on any atom is 0.178 e. The zero-order valence-corrected chi connectivity index (χ0v) is 15.0. The third-order valence-corrected chi connectivity index (χ3v) is 6.21. The van der Waals surface area contributed by atoms with Crippen LogP contribution in [-0.4, -0.2) is 33.4 Å². The molecule has 1 atom stereocenters. The minimum Gasteiger partial charge on any atom is -0.372 e. The van der Waals surface area contributed by atoms with Crippen LogP contribution in [0.5, 0.6) is 0 Å². The highest BCUT2D eigenvalue weighted by molar-refractivity contribution is 7.91. The molecular formula is C19H22FNO3S. The van der Waals surface area contributed by atoms with E-state index in [1.54, 1.807) is 37.3 Å². The number of halogens is 1. The van der Waals surface area contributed by atoms with Gasteiger partial charge in [-0.15, -0.1) is 0 Å². The number of nitrogens with one attached hydrogen (secondary N) is 1. The van der Waals surface area contributed by atoms with Gasteiger partial charge in [0, 0.05) is 6.54 Å². The van der Waals surface area contributed by atoms with Gasteiger partial charge in [-0.05, 0) is 53.9 Å². The number of rotatable bonds is 6. The third-order valence-electron chi connectivity index (χ3n) is 4.46. The first-order valence-corrected chi connectivity index (χ1v) is 10.1. The molecule has 6 heteroatoms. The predicted molar refractivity (Wildman–Crippen MR) is 95.6 cm³/mol. The van der Waals surface area contributed by atoms with Crippen molar-refractivity contribution in [2.45, 2.75) is 31.0 Å². The Kier molecular flexibility index (Phi) is 5.51. The van der Waals surface area contributed by atoms with E-state index in [1.165, 1.54) is 12.1 Å². The van der Waals surface area contributed by atoms with Gasteiger partial charge in [-0.1, -0.05) is 25.1 Å². The van der Waals surface area contributed by atoms with Crippen molar-refractivity contribution >= 4 is 9.84 Å². The van der Waals surface area contributed by atoms with Gasteiger partial charge in [0.2, 0.25) is 0 Å². The van der Waals surface area contributed by atoms with Gasteiger partial charge in [-0.2, -0.15) is 0 Å². The summed E-state index contributed by atoms with van der Waals surface area (Å²) >= 11 is 0. The number of benzene rings is 2. The summed E-state index contributed by atoms with van der Waals surface area (Å²) in [7, 11) is -3.23. The van der Waals surface area contributed by atoms with Crippen molar-refractivity contribution in [3.05, 3.63) is 53.8 Å². The molecule has 1 heterocycles. The molecule has 1 fully saturated rings. The third kappa shape index (κ3) is 4.26. The van der Waals surface area contributed by atoms with E-state index in [1.807, 2.05) is 0 Å². The largest absolute Gasteiger partial charge is 0.372 e. The van der Waals surface area contributed by atoms with Crippen LogP contribution in [0, 0.1) is 5.82 Å². The standard InChI is InChI=1S/C19H22FNO3S/c1-2-25(22,23)18-6-3-14(4-7-18)19-8-5-16(20)11-15(19)13-24-17-9-10-21-12-17/h3-8,11,17,21H,2,9-10,12-13H2,1H3. The maximum atomic E-state index is 13.7. The Morgan fingerprint density at radius 3 is 2.60 bits per heavy atom. The summed E-state index contributed by atoms with van der Waals surface area (Å²) in [6, 6.07) is 11.3. The van der Waals surface area contributed by atoms with Gasteiger partial charge in [0.05, 0.1) is 23.4 Å². The molecule has 0 saturated carbocycles. The fourth-order valence-corrected chi connectivity index (χ4v) is 3.83. The molecule has 1 aliphatic heterocycles. The van der Waals surface area contributed by atoms with Crippen LogP contribution in [-0.2, 0) is 21.2 Å². The van der Waals surface area contributed by atoms with E-state index < -0.39 is 9.84 Å². The Balaban J connectivity index is 1.85. The summed E-state index contributed by atoms with van der Waals surface area (Å²) in [6.07, 6.45) is 1.10. The Bertz CT molecular complexity index is 828. The first-order valence-electron chi connectivity index (χ1n) is 8.43. The summed E-state index contributed by atoms with van der Waals surface area (Å²) in [5.41, 5.74) is 2.46. The summed E-state index contributed by atoms with van der Waals surface area (Å²) in [4.78, 5) is 0.302. The molecule has 3 rings (SSSR count). The van der Waals surface area contributed by atoms with E-state index in [-0.39, 0.29) is 17.7 Å². The topological polar surface area (TPSA) is 55.4 Å². The smallest absolute Gasteiger partial charge is 0.178 e. The zero-order valence-electron chi connectivity index (χ0n) is 14.2. The lowest BCUT2D eigenvalue weighted by Gasteiger charge is -2.14. The van der Waals surface area contributed by atoms with Crippen LogP contribution in [0.25, 0.3) is 11.1 Å². The lowest BCUT2D eigenvalue weighted by molar-refractivity contribution is 0.0543. The van der Waals surface area contributed by atoms with Crippen LogP contribution in [0.15, 0.2) is 47.4 Å². The van der Waals surface area contributed by atoms with Gasteiger partial charge in [-0.25, -0.2) is 12.8 Å². The molecule has 1 unspecified atom stereocenters. The van der Waals surface area contributed by atoms with Crippen LogP contribution in [0.4, 0.5) is 4.39 Å². The minimum atomic E-state index is -3.23.